The minimum atomic E-state index is -0.271. The molecule has 18 heavy (non-hydrogen) atoms. The van der Waals surface area contributed by atoms with Crippen LogP contribution in [0.1, 0.15) is 36.3 Å². The Labute approximate surface area is 108 Å². The summed E-state index contributed by atoms with van der Waals surface area (Å²) in [6, 6.07) is 0. The van der Waals surface area contributed by atoms with Crippen LogP contribution in [0.3, 0.4) is 0 Å². The van der Waals surface area contributed by atoms with Crippen LogP contribution in [-0.2, 0) is 18.3 Å². The van der Waals surface area contributed by atoms with Gasteiger partial charge in [0.1, 0.15) is 5.56 Å². The van der Waals surface area contributed by atoms with Crippen LogP contribution in [0, 0.1) is 5.92 Å². The minimum Gasteiger partial charge on any atom is -0.462 e. The maximum Gasteiger partial charge on any atom is 0.341 e. The average molecular weight is 251 g/mol. The van der Waals surface area contributed by atoms with E-state index in [0.717, 1.165) is 31.2 Å². The summed E-state index contributed by atoms with van der Waals surface area (Å²) in [6.07, 6.45) is 2.83. The third-order valence-corrected chi connectivity index (χ3v) is 3.44. The Hall–Kier alpha value is -1.36. The highest BCUT2D eigenvalue weighted by atomic mass is 16.5. The van der Waals surface area contributed by atoms with Crippen LogP contribution in [0.2, 0.25) is 0 Å². The third kappa shape index (κ3) is 2.72. The van der Waals surface area contributed by atoms with Crippen molar-refractivity contribution in [3.63, 3.8) is 0 Å². The van der Waals surface area contributed by atoms with E-state index < -0.39 is 0 Å². The maximum absolute atomic E-state index is 11.8. The highest BCUT2D eigenvalue weighted by Gasteiger charge is 2.23. The van der Waals surface area contributed by atoms with E-state index in [-0.39, 0.29) is 5.97 Å². The molecule has 1 aromatic rings. The van der Waals surface area contributed by atoms with E-state index in [4.69, 9.17) is 4.74 Å². The minimum absolute atomic E-state index is 0.271. The van der Waals surface area contributed by atoms with Gasteiger partial charge in [0.15, 0.2) is 0 Å². The number of carbonyl (C=O) groups excluding carboxylic acids is 1. The molecule has 100 valence electrons. The maximum atomic E-state index is 11.8. The fraction of sp³-hybridized carbons (Fsp3) is 0.692. The summed E-state index contributed by atoms with van der Waals surface area (Å²) < 4.78 is 6.83. The van der Waals surface area contributed by atoms with Crippen molar-refractivity contribution in [2.45, 2.75) is 26.8 Å². The number of ether oxygens (including phenoxy) is 1. The SMILES string of the molecule is CCOC(=O)c1cnn(C)c1CN1CCC(C)C1. The molecular formula is C13H21N3O2. The molecule has 1 saturated heterocycles. The summed E-state index contributed by atoms with van der Waals surface area (Å²) >= 11 is 0. The molecule has 0 radical (unpaired) electrons. The number of rotatable bonds is 4. The van der Waals surface area contributed by atoms with Crippen molar-refractivity contribution >= 4 is 5.97 Å². The molecule has 0 aromatic carbocycles. The first-order valence-corrected chi connectivity index (χ1v) is 6.52. The van der Waals surface area contributed by atoms with Gasteiger partial charge in [-0.2, -0.15) is 5.10 Å². The molecule has 0 saturated carbocycles. The van der Waals surface area contributed by atoms with Crippen LogP contribution in [-0.4, -0.2) is 40.3 Å². The number of hydrogen-bond donors (Lipinski definition) is 0. The standard InChI is InChI=1S/C13H21N3O2/c1-4-18-13(17)11-7-14-15(3)12(11)9-16-6-5-10(2)8-16/h7,10H,4-6,8-9H2,1-3H3. The van der Waals surface area contributed by atoms with Crippen molar-refractivity contribution < 1.29 is 9.53 Å². The second-order valence-electron chi connectivity index (χ2n) is 4.98. The highest BCUT2D eigenvalue weighted by molar-refractivity contribution is 5.90. The van der Waals surface area contributed by atoms with Gasteiger partial charge >= 0.3 is 5.97 Å². The summed E-state index contributed by atoms with van der Waals surface area (Å²) in [4.78, 5) is 14.2. The van der Waals surface area contributed by atoms with Gasteiger partial charge < -0.3 is 4.74 Å². The van der Waals surface area contributed by atoms with Crippen molar-refractivity contribution in [3.8, 4) is 0 Å². The normalized spacial score (nSPS) is 20.3. The highest BCUT2D eigenvalue weighted by Crippen LogP contribution is 2.19. The quantitative estimate of drug-likeness (QED) is 0.760. The lowest BCUT2D eigenvalue weighted by molar-refractivity contribution is 0.0524. The number of nitrogens with zero attached hydrogens (tertiary/aromatic N) is 3. The number of carbonyl (C=O) groups is 1. The van der Waals surface area contributed by atoms with E-state index >= 15 is 0 Å². The number of hydrogen-bond acceptors (Lipinski definition) is 4. The Bertz CT molecular complexity index is 428. The molecule has 2 heterocycles. The van der Waals surface area contributed by atoms with Crippen molar-refractivity contribution in [1.29, 1.82) is 0 Å². The Balaban J connectivity index is 2.11. The molecule has 0 amide bonds. The number of likely N-dealkylation sites (tertiary alicyclic amines) is 1. The Kier molecular flexibility index (Phi) is 4.01. The largest absolute Gasteiger partial charge is 0.462 e. The monoisotopic (exact) mass is 251 g/mol. The van der Waals surface area contributed by atoms with Crippen LogP contribution < -0.4 is 0 Å². The van der Waals surface area contributed by atoms with E-state index in [1.54, 1.807) is 10.9 Å². The van der Waals surface area contributed by atoms with E-state index in [0.29, 0.717) is 12.2 Å². The molecule has 0 aliphatic carbocycles. The molecule has 2 rings (SSSR count). The van der Waals surface area contributed by atoms with Crippen molar-refractivity contribution in [3.05, 3.63) is 17.5 Å². The molecule has 0 spiro atoms. The van der Waals surface area contributed by atoms with Crippen LogP contribution in [0.25, 0.3) is 0 Å². The van der Waals surface area contributed by atoms with Gasteiger partial charge in [0.25, 0.3) is 0 Å². The van der Waals surface area contributed by atoms with Crippen LogP contribution in [0.15, 0.2) is 6.20 Å². The zero-order valence-electron chi connectivity index (χ0n) is 11.3. The molecule has 0 bridgehead atoms. The van der Waals surface area contributed by atoms with Crippen LogP contribution >= 0.6 is 0 Å². The van der Waals surface area contributed by atoms with Gasteiger partial charge in [0.05, 0.1) is 18.5 Å². The first-order chi connectivity index (χ1) is 8.61. The lowest BCUT2D eigenvalue weighted by Crippen LogP contribution is -2.23. The van der Waals surface area contributed by atoms with Crippen molar-refractivity contribution in [1.82, 2.24) is 14.7 Å². The summed E-state index contributed by atoms with van der Waals surface area (Å²) in [5.74, 6) is 0.470. The molecule has 5 nitrogen and oxygen atoms in total. The van der Waals surface area contributed by atoms with Crippen molar-refractivity contribution in [2.75, 3.05) is 19.7 Å². The second-order valence-corrected chi connectivity index (χ2v) is 4.98. The van der Waals surface area contributed by atoms with Crippen LogP contribution in [0.4, 0.5) is 0 Å². The summed E-state index contributed by atoms with van der Waals surface area (Å²) in [5.41, 5.74) is 1.54. The van der Waals surface area contributed by atoms with Crippen LogP contribution in [0.5, 0.6) is 0 Å². The van der Waals surface area contributed by atoms with Crippen molar-refractivity contribution in [2.24, 2.45) is 13.0 Å². The van der Waals surface area contributed by atoms with Gasteiger partial charge in [-0.15, -0.1) is 0 Å². The van der Waals surface area contributed by atoms with E-state index in [2.05, 4.69) is 16.9 Å². The topological polar surface area (TPSA) is 47.4 Å². The Morgan fingerprint density at radius 3 is 3.00 bits per heavy atom. The van der Waals surface area contributed by atoms with Gasteiger partial charge in [-0.25, -0.2) is 4.79 Å². The molecule has 1 aliphatic rings. The first-order valence-electron chi connectivity index (χ1n) is 6.52. The van der Waals surface area contributed by atoms with Gasteiger partial charge in [-0.3, -0.25) is 9.58 Å². The summed E-state index contributed by atoms with van der Waals surface area (Å²) in [5, 5.41) is 4.17. The molecule has 1 atom stereocenters. The lowest BCUT2D eigenvalue weighted by atomic mass is 10.2. The van der Waals surface area contributed by atoms with Gasteiger partial charge in [-0.05, 0) is 25.8 Å². The molecular weight excluding hydrogens is 230 g/mol. The third-order valence-electron chi connectivity index (χ3n) is 3.44. The Morgan fingerprint density at radius 1 is 1.61 bits per heavy atom. The van der Waals surface area contributed by atoms with E-state index in [1.807, 2.05) is 14.0 Å². The predicted molar refractivity (Wildman–Crippen MR) is 68.2 cm³/mol. The first kappa shape index (κ1) is 13.1. The van der Waals surface area contributed by atoms with Gasteiger partial charge in [0.2, 0.25) is 0 Å². The fourth-order valence-electron chi connectivity index (χ4n) is 2.41. The molecule has 1 aliphatic heterocycles. The molecule has 5 heteroatoms. The molecule has 0 N–H and O–H groups in total. The lowest BCUT2D eigenvalue weighted by Gasteiger charge is -2.16. The zero-order valence-corrected chi connectivity index (χ0v) is 11.3. The number of esters is 1. The molecule has 1 unspecified atom stereocenters. The molecule has 1 aromatic heterocycles. The second kappa shape index (κ2) is 5.52. The van der Waals surface area contributed by atoms with Gasteiger partial charge in [0, 0.05) is 20.1 Å². The average Bonchev–Trinajstić information content (AvgIpc) is 2.88. The smallest absolute Gasteiger partial charge is 0.341 e. The Morgan fingerprint density at radius 2 is 2.39 bits per heavy atom. The van der Waals surface area contributed by atoms with Gasteiger partial charge in [-0.1, -0.05) is 6.92 Å². The zero-order chi connectivity index (χ0) is 13.1. The number of aromatic nitrogens is 2. The van der Waals surface area contributed by atoms with E-state index in [1.165, 1.54) is 6.42 Å². The summed E-state index contributed by atoms with van der Waals surface area (Å²) in [6.45, 7) is 7.43. The number of aryl methyl sites for hydroxylation is 1. The predicted octanol–water partition coefficient (Wildman–Crippen LogP) is 1.44. The summed E-state index contributed by atoms with van der Waals surface area (Å²) in [7, 11) is 1.87. The fourth-order valence-corrected chi connectivity index (χ4v) is 2.41. The van der Waals surface area contributed by atoms with E-state index in [9.17, 15) is 4.79 Å². The molecule has 1 fully saturated rings.